The van der Waals surface area contributed by atoms with E-state index >= 15 is 0 Å². The van der Waals surface area contributed by atoms with E-state index < -0.39 is 21.9 Å². The topological polar surface area (TPSA) is 111 Å². The van der Waals surface area contributed by atoms with Crippen LogP contribution in [-0.4, -0.2) is 49.0 Å². The maximum absolute atomic E-state index is 12.4. The van der Waals surface area contributed by atoms with Crippen molar-refractivity contribution in [3.05, 3.63) is 11.8 Å². The number of hydrogen-bond acceptors (Lipinski definition) is 5. The average molecular weight is 331 g/mol. The molecular weight excluding hydrogens is 310 g/mol. The fourth-order valence-electron chi connectivity index (χ4n) is 2.76. The lowest BCUT2D eigenvalue weighted by atomic mass is 9.86. The number of nitrogens with zero attached hydrogens (tertiary/aromatic N) is 2. The number of sulfonamides is 1. The zero-order chi connectivity index (χ0) is 16.3. The first kappa shape index (κ1) is 16.9. The monoisotopic (exact) mass is 331 g/mol. The van der Waals surface area contributed by atoms with Crippen LogP contribution in [0.25, 0.3) is 0 Å². The smallest absolute Gasteiger partial charge is 0.308 e. The molecule has 1 fully saturated rings. The maximum atomic E-state index is 12.4. The SMILES string of the molecule is Cc1cnn(C)c1S(=O)(=O)NCC(C(=O)O)C1CCOCC1. The van der Waals surface area contributed by atoms with Gasteiger partial charge in [-0.25, -0.2) is 13.1 Å². The highest BCUT2D eigenvalue weighted by molar-refractivity contribution is 7.89. The van der Waals surface area contributed by atoms with E-state index in [0.29, 0.717) is 31.6 Å². The van der Waals surface area contributed by atoms with Gasteiger partial charge in [0.05, 0.1) is 12.1 Å². The Morgan fingerprint density at radius 2 is 2.18 bits per heavy atom. The summed E-state index contributed by atoms with van der Waals surface area (Å²) in [5, 5.41) is 13.3. The quantitative estimate of drug-likeness (QED) is 0.767. The molecule has 0 bridgehead atoms. The molecule has 1 aromatic heterocycles. The van der Waals surface area contributed by atoms with Gasteiger partial charge in [0.1, 0.15) is 0 Å². The Bertz CT molecular complexity index is 615. The van der Waals surface area contributed by atoms with Crippen molar-refractivity contribution in [3.8, 4) is 0 Å². The van der Waals surface area contributed by atoms with Crippen LogP contribution in [0.2, 0.25) is 0 Å². The molecule has 0 aliphatic carbocycles. The number of aliphatic carboxylic acids is 1. The molecule has 1 aromatic rings. The van der Waals surface area contributed by atoms with Gasteiger partial charge in [0.25, 0.3) is 10.0 Å². The second kappa shape index (κ2) is 6.76. The van der Waals surface area contributed by atoms with Crippen molar-refractivity contribution in [2.24, 2.45) is 18.9 Å². The normalized spacial score (nSPS) is 18.3. The Hall–Kier alpha value is -1.45. The molecule has 2 N–H and O–H groups in total. The molecule has 1 aliphatic heterocycles. The van der Waals surface area contributed by atoms with Crippen molar-refractivity contribution < 1.29 is 23.1 Å². The largest absolute Gasteiger partial charge is 0.481 e. The van der Waals surface area contributed by atoms with Crippen molar-refractivity contribution in [2.75, 3.05) is 19.8 Å². The van der Waals surface area contributed by atoms with Crippen LogP contribution in [0.15, 0.2) is 11.2 Å². The summed E-state index contributed by atoms with van der Waals surface area (Å²) in [5.74, 6) is -1.83. The highest BCUT2D eigenvalue weighted by Crippen LogP contribution is 2.24. The zero-order valence-corrected chi connectivity index (χ0v) is 13.5. The Balaban J connectivity index is 2.10. The fourth-order valence-corrected chi connectivity index (χ4v) is 4.17. The molecule has 0 amide bonds. The van der Waals surface area contributed by atoms with E-state index in [1.165, 1.54) is 17.9 Å². The Morgan fingerprint density at radius 3 is 2.68 bits per heavy atom. The van der Waals surface area contributed by atoms with Crippen LogP contribution in [0.4, 0.5) is 0 Å². The van der Waals surface area contributed by atoms with Crippen LogP contribution < -0.4 is 4.72 Å². The summed E-state index contributed by atoms with van der Waals surface area (Å²) in [4.78, 5) is 11.4. The molecule has 8 nitrogen and oxygen atoms in total. The van der Waals surface area contributed by atoms with Crippen molar-refractivity contribution >= 4 is 16.0 Å². The molecule has 1 atom stereocenters. The Kier molecular flexibility index (Phi) is 5.20. The lowest BCUT2D eigenvalue weighted by molar-refractivity contribution is -0.144. The number of hydrogen-bond donors (Lipinski definition) is 2. The van der Waals surface area contributed by atoms with Crippen LogP contribution in [0.5, 0.6) is 0 Å². The molecule has 124 valence electrons. The van der Waals surface area contributed by atoms with Crippen LogP contribution in [0, 0.1) is 18.8 Å². The lowest BCUT2D eigenvalue weighted by Gasteiger charge is -2.27. The number of aromatic nitrogens is 2. The van der Waals surface area contributed by atoms with E-state index in [9.17, 15) is 18.3 Å². The minimum atomic E-state index is -3.79. The molecule has 0 radical (unpaired) electrons. The number of rotatable bonds is 6. The number of aryl methyl sites for hydroxylation is 2. The van der Waals surface area contributed by atoms with Gasteiger partial charge in [-0.15, -0.1) is 0 Å². The van der Waals surface area contributed by atoms with Crippen LogP contribution >= 0.6 is 0 Å². The summed E-state index contributed by atoms with van der Waals surface area (Å²) < 4.78 is 33.6. The second-order valence-corrected chi connectivity index (χ2v) is 7.19. The van der Waals surface area contributed by atoms with Gasteiger partial charge in [0.2, 0.25) is 0 Å². The van der Waals surface area contributed by atoms with Gasteiger partial charge >= 0.3 is 5.97 Å². The van der Waals surface area contributed by atoms with E-state index in [1.807, 2.05) is 0 Å². The van der Waals surface area contributed by atoms with Crippen LogP contribution in [-0.2, 0) is 26.6 Å². The summed E-state index contributed by atoms with van der Waals surface area (Å²) in [7, 11) is -2.25. The van der Waals surface area contributed by atoms with E-state index in [1.54, 1.807) is 6.92 Å². The molecule has 9 heteroatoms. The van der Waals surface area contributed by atoms with Gasteiger partial charge in [-0.2, -0.15) is 5.10 Å². The van der Waals surface area contributed by atoms with Crippen LogP contribution in [0.3, 0.4) is 0 Å². The predicted molar refractivity (Wildman–Crippen MR) is 77.8 cm³/mol. The summed E-state index contributed by atoms with van der Waals surface area (Å²) in [6, 6.07) is 0. The molecule has 22 heavy (non-hydrogen) atoms. The standard InChI is InChI=1S/C13H21N3O5S/c1-9-7-14-16(2)12(9)22(19,20)15-8-11(13(17)18)10-3-5-21-6-4-10/h7,10-11,15H,3-6,8H2,1-2H3,(H,17,18). The summed E-state index contributed by atoms with van der Waals surface area (Å²) >= 11 is 0. The molecule has 2 heterocycles. The minimum Gasteiger partial charge on any atom is -0.481 e. The number of ether oxygens (including phenoxy) is 1. The summed E-state index contributed by atoms with van der Waals surface area (Å²) in [6.45, 7) is 2.55. The number of nitrogens with one attached hydrogen (secondary N) is 1. The third kappa shape index (κ3) is 3.65. The molecule has 1 aliphatic rings. The van der Waals surface area contributed by atoms with E-state index in [4.69, 9.17) is 4.74 Å². The second-order valence-electron chi connectivity index (χ2n) is 5.50. The van der Waals surface area contributed by atoms with Gasteiger partial charge in [0, 0.05) is 32.4 Å². The van der Waals surface area contributed by atoms with Gasteiger partial charge < -0.3 is 9.84 Å². The first-order chi connectivity index (χ1) is 10.3. The number of carbonyl (C=O) groups is 1. The zero-order valence-electron chi connectivity index (χ0n) is 12.7. The molecular formula is C13H21N3O5S. The highest BCUT2D eigenvalue weighted by atomic mass is 32.2. The lowest BCUT2D eigenvalue weighted by Crippen LogP contribution is -2.39. The summed E-state index contributed by atoms with van der Waals surface area (Å²) in [6.07, 6.45) is 2.72. The summed E-state index contributed by atoms with van der Waals surface area (Å²) in [5.41, 5.74) is 0.521. The first-order valence-corrected chi connectivity index (χ1v) is 8.60. The van der Waals surface area contributed by atoms with Crippen molar-refractivity contribution in [2.45, 2.75) is 24.8 Å². The van der Waals surface area contributed by atoms with Crippen LogP contribution in [0.1, 0.15) is 18.4 Å². The first-order valence-electron chi connectivity index (χ1n) is 7.11. The molecule has 2 rings (SSSR count). The van der Waals surface area contributed by atoms with Crippen molar-refractivity contribution in [1.82, 2.24) is 14.5 Å². The minimum absolute atomic E-state index is 0.0589. The van der Waals surface area contributed by atoms with E-state index in [2.05, 4.69) is 9.82 Å². The molecule has 0 saturated carbocycles. The van der Waals surface area contributed by atoms with Gasteiger partial charge in [0.15, 0.2) is 5.03 Å². The van der Waals surface area contributed by atoms with Crippen molar-refractivity contribution in [3.63, 3.8) is 0 Å². The Labute approximate surface area is 129 Å². The fraction of sp³-hybridized carbons (Fsp3) is 0.692. The molecule has 0 spiro atoms. The van der Waals surface area contributed by atoms with Gasteiger partial charge in [-0.05, 0) is 25.7 Å². The number of carboxylic acid groups (broad SMARTS) is 1. The highest BCUT2D eigenvalue weighted by Gasteiger charge is 2.32. The van der Waals surface area contributed by atoms with Gasteiger partial charge in [-0.1, -0.05) is 0 Å². The Morgan fingerprint density at radius 1 is 1.55 bits per heavy atom. The predicted octanol–water partition coefficient (Wildman–Crippen LogP) is 0.134. The molecule has 0 aromatic carbocycles. The third-order valence-corrected chi connectivity index (χ3v) is 5.60. The van der Waals surface area contributed by atoms with Gasteiger partial charge in [-0.3, -0.25) is 9.48 Å². The van der Waals surface area contributed by atoms with E-state index in [0.717, 1.165) is 0 Å². The molecule has 1 saturated heterocycles. The van der Waals surface area contributed by atoms with E-state index in [-0.39, 0.29) is 17.5 Å². The maximum Gasteiger partial charge on any atom is 0.308 e. The average Bonchev–Trinajstić information content (AvgIpc) is 2.79. The molecule has 1 unspecified atom stereocenters. The number of carboxylic acids is 1. The van der Waals surface area contributed by atoms with Crippen molar-refractivity contribution in [1.29, 1.82) is 0 Å². The third-order valence-electron chi connectivity index (χ3n) is 3.96.